The zero-order chi connectivity index (χ0) is 19.9. The molecule has 0 unspecified atom stereocenters. The number of hydrogen-bond donors (Lipinski definition) is 1. The van der Waals surface area contributed by atoms with E-state index in [9.17, 15) is 4.79 Å². The van der Waals surface area contributed by atoms with Crippen molar-refractivity contribution in [2.45, 2.75) is 13.0 Å². The number of nitrogens with zero attached hydrogens (tertiary/aromatic N) is 2. The Morgan fingerprint density at radius 2 is 1.82 bits per heavy atom. The molecule has 0 atom stereocenters. The van der Waals surface area contributed by atoms with Crippen molar-refractivity contribution in [2.75, 3.05) is 21.3 Å². The number of hydrogen-bond acceptors (Lipinski definition) is 7. The summed E-state index contributed by atoms with van der Waals surface area (Å²) in [4.78, 5) is 20.9. The molecule has 0 aliphatic rings. The van der Waals surface area contributed by atoms with Crippen LogP contribution in [0.1, 0.15) is 11.4 Å². The number of pyridine rings is 1. The van der Waals surface area contributed by atoms with E-state index in [1.165, 1.54) is 11.3 Å². The van der Waals surface area contributed by atoms with Gasteiger partial charge in [0.1, 0.15) is 5.01 Å². The number of ether oxygens (including phenoxy) is 3. The van der Waals surface area contributed by atoms with Crippen LogP contribution in [0.3, 0.4) is 0 Å². The quantitative estimate of drug-likeness (QED) is 0.627. The van der Waals surface area contributed by atoms with Crippen LogP contribution in [-0.2, 0) is 17.8 Å². The summed E-state index contributed by atoms with van der Waals surface area (Å²) in [6.45, 7) is 0.392. The van der Waals surface area contributed by atoms with E-state index in [0.29, 0.717) is 29.5 Å². The van der Waals surface area contributed by atoms with Crippen LogP contribution in [0.5, 0.6) is 17.2 Å². The number of carbonyl (C=O) groups excluding carboxylic acids is 1. The number of methoxy groups -OCH3 is 3. The van der Waals surface area contributed by atoms with Crippen molar-refractivity contribution in [3.05, 3.63) is 53.3 Å². The zero-order valence-electron chi connectivity index (χ0n) is 15.9. The van der Waals surface area contributed by atoms with Crippen molar-refractivity contribution in [1.82, 2.24) is 15.3 Å². The van der Waals surface area contributed by atoms with Crippen LogP contribution >= 0.6 is 11.3 Å². The highest BCUT2D eigenvalue weighted by Crippen LogP contribution is 2.41. The van der Waals surface area contributed by atoms with E-state index in [0.717, 1.165) is 16.3 Å². The highest BCUT2D eigenvalue weighted by Gasteiger charge is 2.16. The lowest BCUT2D eigenvalue weighted by molar-refractivity contribution is -0.120. The Labute approximate surface area is 167 Å². The average Bonchev–Trinajstić information content (AvgIpc) is 3.20. The first kappa shape index (κ1) is 19.6. The molecule has 0 bridgehead atoms. The number of aromatic nitrogens is 2. The minimum Gasteiger partial charge on any atom is -0.493 e. The molecule has 7 nitrogen and oxygen atoms in total. The first-order valence-corrected chi connectivity index (χ1v) is 9.44. The van der Waals surface area contributed by atoms with Crippen molar-refractivity contribution in [3.63, 3.8) is 0 Å². The van der Waals surface area contributed by atoms with Crippen molar-refractivity contribution in [3.8, 4) is 27.8 Å². The topological polar surface area (TPSA) is 82.6 Å². The highest BCUT2D eigenvalue weighted by atomic mass is 32.1. The van der Waals surface area contributed by atoms with E-state index in [-0.39, 0.29) is 12.3 Å². The lowest BCUT2D eigenvalue weighted by Crippen LogP contribution is -2.25. The molecule has 0 saturated heterocycles. The van der Waals surface area contributed by atoms with Crippen LogP contribution in [0.4, 0.5) is 0 Å². The summed E-state index contributed by atoms with van der Waals surface area (Å²) < 4.78 is 16.1. The van der Waals surface area contributed by atoms with Gasteiger partial charge in [-0.1, -0.05) is 6.07 Å². The number of thiazole rings is 1. The van der Waals surface area contributed by atoms with Crippen molar-refractivity contribution < 1.29 is 19.0 Å². The molecule has 146 valence electrons. The van der Waals surface area contributed by atoms with E-state index in [1.807, 2.05) is 35.7 Å². The third-order valence-corrected chi connectivity index (χ3v) is 4.94. The van der Waals surface area contributed by atoms with E-state index in [2.05, 4.69) is 15.3 Å². The highest BCUT2D eigenvalue weighted by molar-refractivity contribution is 7.13. The Hall–Kier alpha value is -3.13. The van der Waals surface area contributed by atoms with Gasteiger partial charge in [0.25, 0.3) is 0 Å². The fraction of sp³-hybridized carbons (Fsp3) is 0.250. The second-order valence-electron chi connectivity index (χ2n) is 5.83. The van der Waals surface area contributed by atoms with Crippen molar-refractivity contribution >= 4 is 17.2 Å². The van der Waals surface area contributed by atoms with E-state index >= 15 is 0 Å². The molecule has 0 saturated carbocycles. The molecular weight excluding hydrogens is 378 g/mol. The van der Waals surface area contributed by atoms with E-state index in [1.54, 1.807) is 27.5 Å². The van der Waals surface area contributed by atoms with Gasteiger partial charge in [-0.3, -0.25) is 9.78 Å². The van der Waals surface area contributed by atoms with Gasteiger partial charge in [-0.05, 0) is 24.3 Å². The molecule has 2 aromatic heterocycles. The molecule has 1 N–H and O–H groups in total. The summed E-state index contributed by atoms with van der Waals surface area (Å²) in [7, 11) is 4.70. The van der Waals surface area contributed by atoms with Gasteiger partial charge in [0, 0.05) is 17.1 Å². The molecule has 1 aromatic carbocycles. The number of benzene rings is 1. The van der Waals surface area contributed by atoms with Crippen molar-refractivity contribution in [2.24, 2.45) is 0 Å². The van der Waals surface area contributed by atoms with Crippen LogP contribution in [-0.4, -0.2) is 37.2 Å². The number of carbonyl (C=O) groups is 1. The van der Waals surface area contributed by atoms with E-state index in [4.69, 9.17) is 14.2 Å². The predicted octanol–water partition coefficient (Wildman–Crippen LogP) is 3.09. The maximum atomic E-state index is 12.2. The SMILES string of the molecule is COc1cc(-c2nc(CC(=O)NCc3ccccn3)cs2)cc(OC)c1OC. The van der Waals surface area contributed by atoms with E-state index < -0.39 is 0 Å². The maximum Gasteiger partial charge on any atom is 0.226 e. The Morgan fingerprint density at radius 1 is 1.07 bits per heavy atom. The molecule has 0 radical (unpaired) electrons. The summed E-state index contributed by atoms with van der Waals surface area (Å²) in [6, 6.07) is 9.27. The molecule has 3 rings (SSSR count). The third kappa shape index (κ3) is 4.58. The Bertz CT molecular complexity index is 919. The molecule has 1 amide bonds. The van der Waals surface area contributed by atoms with Gasteiger partial charge >= 0.3 is 0 Å². The van der Waals surface area contributed by atoms with Crippen LogP contribution in [0.25, 0.3) is 10.6 Å². The predicted molar refractivity (Wildman–Crippen MR) is 107 cm³/mol. The number of nitrogens with one attached hydrogen (secondary N) is 1. The summed E-state index contributed by atoms with van der Waals surface area (Å²) in [6.07, 6.45) is 1.90. The Morgan fingerprint density at radius 3 is 2.43 bits per heavy atom. The fourth-order valence-electron chi connectivity index (χ4n) is 2.64. The van der Waals surface area contributed by atoms with Gasteiger partial charge in [0.15, 0.2) is 11.5 Å². The summed E-state index contributed by atoms with van der Waals surface area (Å²) in [5.41, 5.74) is 2.35. The van der Waals surface area contributed by atoms with Crippen LogP contribution < -0.4 is 19.5 Å². The summed E-state index contributed by atoms with van der Waals surface area (Å²) >= 11 is 1.46. The minimum atomic E-state index is -0.104. The largest absolute Gasteiger partial charge is 0.493 e. The smallest absolute Gasteiger partial charge is 0.226 e. The minimum absolute atomic E-state index is 0.104. The molecule has 8 heteroatoms. The monoisotopic (exact) mass is 399 g/mol. The van der Waals surface area contributed by atoms with Gasteiger partial charge in [0.2, 0.25) is 11.7 Å². The van der Waals surface area contributed by atoms with Gasteiger partial charge in [0.05, 0.1) is 45.7 Å². The molecule has 0 fully saturated rings. The first-order chi connectivity index (χ1) is 13.6. The van der Waals surface area contributed by atoms with Gasteiger partial charge in [-0.15, -0.1) is 11.3 Å². The molecule has 2 heterocycles. The molecular formula is C20H21N3O4S. The summed E-state index contributed by atoms with van der Waals surface area (Å²) in [5.74, 6) is 1.54. The zero-order valence-corrected chi connectivity index (χ0v) is 16.7. The second-order valence-corrected chi connectivity index (χ2v) is 6.69. The third-order valence-electron chi connectivity index (χ3n) is 4.00. The maximum absolute atomic E-state index is 12.2. The van der Waals surface area contributed by atoms with Crippen LogP contribution in [0.15, 0.2) is 41.9 Å². The van der Waals surface area contributed by atoms with Gasteiger partial charge < -0.3 is 19.5 Å². The number of rotatable bonds is 8. The molecule has 0 spiro atoms. The lowest BCUT2D eigenvalue weighted by atomic mass is 10.2. The standard InChI is InChI=1S/C20H21N3O4S/c1-25-16-8-13(9-17(26-2)19(16)27-3)20-23-15(12-28-20)10-18(24)22-11-14-6-4-5-7-21-14/h4-9,12H,10-11H2,1-3H3,(H,22,24). The van der Waals surface area contributed by atoms with Gasteiger partial charge in [-0.2, -0.15) is 0 Å². The Balaban J connectivity index is 1.70. The average molecular weight is 399 g/mol. The lowest BCUT2D eigenvalue weighted by Gasteiger charge is -2.13. The fourth-order valence-corrected chi connectivity index (χ4v) is 3.45. The molecule has 0 aliphatic carbocycles. The normalized spacial score (nSPS) is 10.4. The molecule has 0 aliphatic heterocycles. The second kappa shape index (κ2) is 9.18. The number of amides is 1. The van der Waals surface area contributed by atoms with Gasteiger partial charge in [-0.25, -0.2) is 4.98 Å². The molecule has 28 heavy (non-hydrogen) atoms. The molecule has 3 aromatic rings. The summed E-state index contributed by atoms with van der Waals surface area (Å²) in [5, 5.41) is 5.50. The first-order valence-electron chi connectivity index (χ1n) is 8.56. The van der Waals surface area contributed by atoms with Crippen LogP contribution in [0, 0.1) is 0 Å². The van der Waals surface area contributed by atoms with Crippen molar-refractivity contribution in [1.29, 1.82) is 0 Å². The van der Waals surface area contributed by atoms with Crippen LogP contribution in [0.2, 0.25) is 0 Å². The Kier molecular flexibility index (Phi) is 6.44.